The fraction of sp³-hybridized carbons (Fsp3) is 0.294. The third-order valence-corrected chi connectivity index (χ3v) is 3.54. The first-order valence-electron chi connectivity index (χ1n) is 6.87. The topological polar surface area (TPSA) is 21.3 Å². The molecule has 2 atom stereocenters. The summed E-state index contributed by atoms with van der Waals surface area (Å²) in [5, 5.41) is 3.27. The minimum atomic E-state index is -0.824. The van der Waals surface area contributed by atoms with Gasteiger partial charge in [-0.3, -0.25) is 0 Å². The van der Waals surface area contributed by atoms with Gasteiger partial charge in [-0.2, -0.15) is 0 Å². The van der Waals surface area contributed by atoms with Crippen LogP contribution in [0.3, 0.4) is 0 Å². The van der Waals surface area contributed by atoms with E-state index in [1.165, 1.54) is 6.07 Å². The van der Waals surface area contributed by atoms with E-state index >= 15 is 0 Å². The Morgan fingerprint density at radius 3 is 2.43 bits per heavy atom. The SMILES string of the molecule is COc1cccc(C(C)NC(C)c2cccc(F)c2F)c1. The van der Waals surface area contributed by atoms with Crippen molar-refractivity contribution in [2.24, 2.45) is 0 Å². The Balaban J connectivity index is 2.14. The van der Waals surface area contributed by atoms with E-state index in [0.717, 1.165) is 17.4 Å². The number of rotatable bonds is 5. The molecule has 0 fully saturated rings. The van der Waals surface area contributed by atoms with E-state index < -0.39 is 11.6 Å². The van der Waals surface area contributed by atoms with Gasteiger partial charge in [-0.05, 0) is 37.6 Å². The van der Waals surface area contributed by atoms with Crippen molar-refractivity contribution >= 4 is 0 Å². The van der Waals surface area contributed by atoms with Crippen LogP contribution >= 0.6 is 0 Å². The van der Waals surface area contributed by atoms with Gasteiger partial charge in [0.1, 0.15) is 5.75 Å². The molecule has 2 aromatic rings. The fourth-order valence-electron chi connectivity index (χ4n) is 2.33. The van der Waals surface area contributed by atoms with Gasteiger partial charge in [0.15, 0.2) is 11.6 Å². The molecule has 0 saturated heterocycles. The number of hydrogen-bond donors (Lipinski definition) is 1. The van der Waals surface area contributed by atoms with Crippen LogP contribution in [0.25, 0.3) is 0 Å². The standard InChI is InChI=1S/C17H19F2NO/c1-11(13-6-4-7-14(10-13)21-3)20-12(2)15-8-5-9-16(18)17(15)19/h4-12,20H,1-3H3. The van der Waals surface area contributed by atoms with Crippen molar-refractivity contribution in [1.82, 2.24) is 5.32 Å². The van der Waals surface area contributed by atoms with Gasteiger partial charge >= 0.3 is 0 Å². The van der Waals surface area contributed by atoms with Gasteiger partial charge in [0, 0.05) is 17.6 Å². The van der Waals surface area contributed by atoms with Gasteiger partial charge in [0.2, 0.25) is 0 Å². The Morgan fingerprint density at radius 1 is 1.00 bits per heavy atom. The number of ether oxygens (including phenoxy) is 1. The minimum Gasteiger partial charge on any atom is -0.497 e. The van der Waals surface area contributed by atoms with Crippen molar-refractivity contribution in [1.29, 1.82) is 0 Å². The molecule has 0 aliphatic rings. The van der Waals surface area contributed by atoms with Crippen LogP contribution in [-0.2, 0) is 0 Å². The van der Waals surface area contributed by atoms with E-state index in [2.05, 4.69) is 5.32 Å². The molecule has 21 heavy (non-hydrogen) atoms. The molecule has 2 nitrogen and oxygen atoms in total. The smallest absolute Gasteiger partial charge is 0.163 e. The van der Waals surface area contributed by atoms with Crippen LogP contribution in [0.15, 0.2) is 42.5 Å². The van der Waals surface area contributed by atoms with Crippen LogP contribution in [-0.4, -0.2) is 7.11 Å². The Labute approximate surface area is 123 Å². The molecular formula is C17H19F2NO. The highest BCUT2D eigenvalue weighted by atomic mass is 19.2. The largest absolute Gasteiger partial charge is 0.497 e. The molecule has 1 N–H and O–H groups in total. The molecule has 0 aromatic heterocycles. The third kappa shape index (κ3) is 3.58. The van der Waals surface area contributed by atoms with E-state index in [-0.39, 0.29) is 12.1 Å². The van der Waals surface area contributed by atoms with Gasteiger partial charge in [0.05, 0.1) is 7.11 Å². The second-order valence-electron chi connectivity index (χ2n) is 5.03. The zero-order valence-electron chi connectivity index (χ0n) is 12.4. The maximum atomic E-state index is 13.8. The van der Waals surface area contributed by atoms with Gasteiger partial charge in [0.25, 0.3) is 0 Å². The lowest BCUT2D eigenvalue weighted by Crippen LogP contribution is -2.23. The summed E-state index contributed by atoms with van der Waals surface area (Å²) in [5.74, 6) is -0.851. The highest BCUT2D eigenvalue weighted by Crippen LogP contribution is 2.24. The van der Waals surface area contributed by atoms with Crippen LogP contribution in [0.2, 0.25) is 0 Å². The molecular weight excluding hydrogens is 272 g/mol. The number of halogens is 2. The zero-order valence-corrected chi connectivity index (χ0v) is 12.4. The van der Waals surface area contributed by atoms with E-state index in [1.807, 2.05) is 38.1 Å². The van der Waals surface area contributed by atoms with Gasteiger partial charge in [-0.25, -0.2) is 8.78 Å². The van der Waals surface area contributed by atoms with Crippen LogP contribution in [0.5, 0.6) is 5.75 Å². The Hall–Kier alpha value is -1.94. The molecule has 2 unspecified atom stereocenters. The lowest BCUT2D eigenvalue weighted by Gasteiger charge is -2.21. The van der Waals surface area contributed by atoms with Crippen molar-refractivity contribution in [3.8, 4) is 5.75 Å². The van der Waals surface area contributed by atoms with Crippen molar-refractivity contribution in [3.63, 3.8) is 0 Å². The van der Waals surface area contributed by atoms with Crippen molar-refractivity contribution in [2.45, 2.75) is 25.9 Å². The molecule has 2 rings (SSSR count). The molecule has 0 heterocycles. The van der Waals surface area contributed by atoms with Gasteiger partial charge in [-0.15, -0.1) is 0 Å². The molecule has 2 aromatic carbocycles. The van der Waals surface area contributed by atoms with E-state index in [0.29, 0.717) is 5.56 Å². The predicted molar refractivity (Wildman–Crippen MR) is 79.3 cm³/mol. The number of hydrogen-bond acceptors (Lipinski definition) is 2. The first-order valence-corrected chi connectivity index (χ1v) is 6.87. The molecule has 0 bridgehead atoms. The first kappa shape index (κ1) is 15.4. The Morgan fingerprint density at radius 2 is 1.71 bits per heavy atom. The lowest BCUT2D eigenvalue weighted by atomic mass is 10.0. The van der Waals surface area contributed by atoms with Crippen LogP contribution in [0, 0.1) is 11.6 Å². The quantitative estimate of drug-likeness (QED) is 0.882. The third-order valence-electron chi connectivity index (χ3n) is 3.54. The van der Waals surface area contributed by atoms with Gasteiger partial charge < -0.3 is 10.1 Å². The molecule has 0 amide bonds. The maximum Gasteiger partial charge on any atom is 0.163 e. The summed E-state index contributed by atoms with van der Waals surface area (Å²) < 4.78 is 32.3. The molecule has 0 saturated carbocycles. The summed E-state index contributed by atoms with van der Waals surface area (Å²) in [7, 11) is 1.61. The second kappa shape index (κ2) is 6.68. The zero-order chi connectivity index (χ0) is 15.4. The number of benzene rings is 2. The second-order valence-corrected chi connectivity index (χ2v) is 5.03. The van der Waals surface area contributed by atoms with Crippen molar-refractivity contribution < 1.29 is 13.5 Å². The normalized spacial score (nSPS) is 13.8. The summed E-state index contributed by atoms with van der Waals surface area (Å²) in [6.45, 7) is 3.79. The summed E-state index contributed by atoms with van der Waals surface area (Å²) in [6, 6.07) is 11.6. The maximum absolute atomic E-state index is 13.8. The monoisotopic (exact) mass is 291 g/mol. The summed E-state index contributed by atoms with van der Waals surface area (Å²) in [6.07, 6.45) is 0. The van der Waals surface area contributed by atoms with Crippen LogP contribution < -0.4 is 10.1 Å². The predicted octanol–water partition coefficient (Wildman–Crippen LogP) is 4.39. The van der Waals surface area contributed by atoms with Gasteiger partial charge in [-0.1, -0.05) is 24.3 Å². The highest BCUT2D eigenvalue weighted by molar-refractivity contribution is 5.31. The molecule has 4 heteroatoms. The number of methoxy groups -OCH3 is 1. The van der Waals surface area contributed by atoms with Crippen LogP contribution in [0.4, 0.5) is 8.78 Å². The molecule has 0 radical (unpaired) electrons. The average Bonchev–Trinajstić information content (AvgIpc) is 2.49. The van der Waals surface area contributed by atoms with E-state index in [9.17, 15) is 8.78 Å². The lowest BCUT2D eigenvalue weighted by molar-refractivity contribution is 0.411. The Bertz CT molecular complexity index is 615. The first-order chi connectivity index (χ1) is 10.0. The summed E-state index contributed by atoms with van der Waals surface area (Å²) in [5.41, 5.74) is 1.35. The average molecular weight is 291 g/mol. The van der Waals surface area contributed by atoms with E-state index in [1.54, 1.807) is 13.2 Å². The molecule has 0 spiro atoms. The minimum absolute atomic E-state index is 0.0160. The summed E-state index contributed by atoms with van der Waals surface area (Å²) in [4.78, 5) is 0. The molecule has 0 aliphatic carbocycles. The number of nitrogens with one attached hydrogen (secondary N) is 1. The fourth-order valence-corrected chi connectivity index (χ4v) is 2.33. The van der Waals surface area contributed by atoms with E-state index in [4.69, 9.17) is 4.74 Å². The molecule has 0 aliphatic heterocycles. The van der Waals surface area contributed by atoms with Crippen molar-refractivity contribution in [2.75, 3.05) is 7.11 Å². The summed E-state index contributed by atoms with van der Waals surface area (Å²) >= 11 is 0. The highest BCUT2D eigenvalue weighted by Gasteiger charge is 2.16. The Kier molecular flexibility index (Phi) is 4.91. The molecule has 112 valence electrons. The van der Waals surface area contributed by atoms with Crippen molar-refractivity contribution in [3.05, 3.63) is 65.2 Å². The van der Waals surface area contributed by atoms with Crippen LogP contribution in [0.1, 0.15) is 37.1 Å².